The van der Waals surface area contributed by atoms with E-state index in [1.54, 1.807) is 0 Å². The summed E-state index contributed by atoms with van der Waals surface area (Å²) in [5.41, 5.74) is 1.31. The maximum Gasteiger partial charge on any atom is 0.0312 e. The number of rotatable bonds is 6. The number of aromatic nitrogens is 1. The Bertz CT molecular complexity index is 256. The molecule has 0 spiro atoms. The molecule has 0 atom stereocenters. The molecule has 1 aromatic rings. The summed E-state index contributed by atoms with van der Waals surface area (Å²) in [7, 11) is 0. The van der Waals surface area contributed by atoms with Crippen molar-refractivity contribution in [1.82, 2.24) is 9.88 Å². The molecule has 1 rings (SSSR count). The van der Waals surface area contributed by atoms with E-state index in [1.807, 2.05) is 18.5 Å². The standard InChI is InChI=1S/C13H22N2/c1-4-15(9-7-12(2)3)11-13-6-5-8-14-10-13/h5-6,8,10,12H,4,7,9,11H2,1-3H3. The zero-order valence-corrected chi connectivity index (χ0v) is 10.1. The third kappa shape index (κ3) is 4.93. The molecule has 0 aliphatic carbocycles. The zero-order chi connectivity index (χ0) is 11.1. The second-order valence-corrected chi connectivity index (χ2v) is 4.41. The van der Waals surface area contributed by atoms with Crippen LogP contribution in [0.2, 0.25) is 0 Å². The normalized spacial score (nSPS) is 11.3. The lowest BCUT2D eigenvalue weighted by molar-refractivity contribution is 0.262. The Balaban J connectivity index is 2.40. The molecule has 0 fully saturated rings. The highest BCUT2D eigenvalue weighted by atomic mass is 15.1. The van der Waals surface area contributed by atoms with Crippen LogP contribution in [0.4, 0.5) is 0 Å². The lowest BCUT2D eigenvalue weighted by Crippen LogP contribution is -2.25. The van der Waals surface area contributed by atoms with E-state index in [1.165, 1.54) is 18.5 Å². The van der Waals surface area contributed by atoms with Crippen molar-refractivity contribution in [1.29, 1.82) is 0 Å². The van der Waals surface area contributed by atoms with Gasteiger partial charge in [0.1, 0.15) is 0 Å². The first-order valence-corrected chi connectivity index (χ1v) is 5.83. The van der Waals surface area contributed by atoms with Gasteiger partial charge in [0.15, 0.2) is 0 Å². The first kappa shape index (κ1) is 12.2. The van der Waals surface area contributed by atoms with Crippen molar-refractivity contribution < 1.29 is 0 Å². The van der Waals surface area contributed by atoms with Gasteiger partial charge in [0, 0.05) is 18.9 Å². The van der Waals surface area contributed by atoms with Crippen LogP contribution in [0.15, 0.2) is 24.5 Å². The summed E-state index contributed by atoms with van der Waals surface area (Å²) in [4.78, 5) is 6.61. The van der Waals surface area contributed by atoms with Crippen LogP contribution in [0.1, 0.15) is 32.8 Å². The fourth-order valence-corrected chi connectivity index (χ4v) is 1.54. The third-order valence-electron chi connectivity index (χ3n) is 2.60. The highest BCUT2D eigenvalue weighted by Crippen LogP contribution is 2.06. The second kappa shape index (κ2) is 6.57. The van der Waals surface area contributed by atoms with Gasteiger partial charge in [0.25, 0.3) is 0 Å². The first-order valence-electron chi connectivity index (χ1n) is 5.83. The van der Waals surface area contributed by atoms with Gasteiger partial charge in [0.2, 0.25) is 0 Å². The van der Waals surface area contributed by atoms with Gasteiger partial charge in [-0.25, -0.2) is 0 Å². The summed E-state index contributed by atoms with van der Waals surface area (Å²) in [6, 6.07) is 4.15. The summed E-state index contributed by atoms with van der Waals surface area (Å²) >= 11 is 0. The molecule has 0 saturated heterocycles. The Kier molecular flexibility index (Phi) is 5.33. The molecule has 0 amide bonds. The van der Waals surface area contributed by atoms with Crippen molar-refractivity contribution in [3.05, 3.63) is 30.1 Å². The smallest absolute Gasteiger partial charge is 0.0312 e. The lowest BCUT2D eigenvalue weighted by Gasteiger charge is -2.21. The molecule has 0 unspecified atom stereocenters. The average molecular weight is 206 g/mol. The van der Waals surface area contributed by atoms with Gasteiger partial charge < -0.3 is 0 Å². The minimum Gasteiger partial charge on any atom is -0.299 e. The largest absolute Gasteiger partial charge is 0.299 e. The van der Waals surface area contributed by atoms with Crippen LogP contribution in [-0.2, 0) is 6.54 Å². The fraction of sp³-hybridized carbons (Fsp3) is 0.615. The SMILES string of the molecule is CCN(CCC(C)C)Cc1cccnc1. The topological polar surface area (TPSA) is 16.1 Å². The van der Waals surface area contributed by atoms with Crippen molar-refractivity contribution in [2.45, 2.75) is 33.7 Å². The van der Waals surface area contributed by atoms with E-state index in [2.05, 4.69) is 36.7 Å². The quantitative estimate of drug-likeness (QED) is 0.711. The summed E-state index contributed by atoms with van der Waals surface area (Å²) in [6.07, 6.45) is 5.06. The number of pyridine rings is 1. The molecule has 2 heteroatoms. The van der Waals surface area contributed by atoms with Crippen LogP contribution >= 0.6 is 0 Å². The van der Waals surface area contributed by atoms with Crippen LogP contribution in [0.5, 0.6) is 0 Å². The van der Waals surface area contributed by atoms with E-state index in [9.17, 15) is 0 Å². The molecule has 0 radical (unpaired) electrons. The maximum absolute atomic E-state index is 4.14. The van der Waals surface area contributed by atoms with Crippen LogP contribution in [0.3, 0.4) is 0 Å². The van der Waals surface area contributed by atoms with Crippen LogP contribution < -0.4 is 0 Å². The molecule has 15 heavy (non-hydrogen) atoms. The molecule has 2 nitrogen and oxygen atoms in total. The van der Waals surface area contributed by atoms with E-state index in [0.29, 0.717) is 0 Å². The van der Waals surface area contributed by atoms with Crippen LogP contribution in [-0.4, -0.2) is 23.0 Å². The zero-order valence-electron chi connectivity index (χ0n) is 10.1. The second-order valence-electron chi connectivity index (χ2n) is 4.41. The van der Waals surface area contributed by atoms with E-state index in [4.69, 9.17) is 0 Å². The Hall–Kier alpha value is -0.890. The van der Waals surface area contributed by atoms with Gasteiger partial charge in [-0.3, -0.25) is 9.88 Å². The monoisotopic (exact) mass is 206 g/mol. The van der Waals surface area contributed by atoms with E-state index < -0.39 is 0 Å². The summed E-state index contributed by atoms with van der Waals surface area (Å²) in [5, 5.41) is 0. The molecule has 84 valence electrons. The van der Waals surface area contributed by atoms with Gasteiger partial charge in [0.05, 0.1) is 0 Å². The molecule has 0 aromatic carbocycles. The summed E-state index contributed by atoms with van der Waals surface area (Å²) in [5.74, 6) is 0.785. The highest BCUT2D eigenvalue weighted by molar-refractivity contribution is 5.07. The van der Waals surface area contributed by atoms with Crippen LogP contribution in [0, 0.1) is 5.92 Å². The molecule has 1 aromatic heterocycles. The highest BCUT2D eigenvalue weighted by Gasteiger charge is 2.04. The Labute approximate surface area is 93.3 Å². The lowest BCUT2D eigenvalue weighted by atomic mass is 10.1. The predicted molar refractivity (Wildman–Crippen MR) is 64.6 cm³/mol. The minimum atomic E-state index is 0.785. The van der Waals surface area contributed by atoms with Gasteiger partial charge in [-0.15, -0.1) is 0 Å². The van der Waals surface area contributed by atoms with Crippen molar-refractivity contribution >= 4 is 0 Å². The number of hydrogen-bond donors (Lipinski definition) is 0. The summed E-state index contributed by atoms with van der Waals surface area (Å²) in [6.45, 7) is 10.1. The predicted octanol–water partition coefficient (Wildman–Crippen LogP) is 2.95. The van der Waals surface area contributed by atoms with Crippen molar-refractivity contribution in [2.24, 2.45) is 5.92 Å². The van der Waals surface area contributed by atoms with E-state index >= 15 is 0 Å². The van der Waals surface area contributed by atoms with Crippen molar-refractivity contribution in [2.75, 3.05) is 13.1 Å². The van der Waals surface area contributed by atoms with E-state index in [0.717, 1.165) is 19.0 Å². The van der Waals surface area contributed by atoms with Gasteiger partial charge in [-0.2, -0.15) is 0 Å². The number of nitrogens with zero attached hydrogens (tertiary/aromatic N) is 2. The molecule has 0 aliphatic rings. The molecular weight excluding hydrogens is 184 g/mol. The van der Waals surface area contributed by atoms with Gasteiger partial charge in [-0.05, 0) is 37.1 Å². The van der Waals surface area contributed by atoms with Crippen molar-refractivity contribution in [3.63, 3.8) is 0 Å². The Morgan fingerprint density at radius 3 is 2.73 bits per heavy atom. The maximum atomic E-state index is 4.14. The molecule has 1 heterocycles. The molecular formula is C13H22N2. The van der Waals surface area contributed by atoms with E-state index in [-0.39, 0.29) is 0 Å². The molecule has 0 bridgehead atoms. The molecule has 0 N–H and O–H groups in total. The average Bonchev–Trinajstić information content (AvgIpc) is 2.25. The molecule has 0 saturated carbocycles. The van der Waals surface area contributed by atoms with Crippen molar-refractivity contribution in [3.8, 4) is 0 Å². The van der Waals surface area contributed by atoms with Gasteiger partial charge in [-0.1, -0.05) is 26.8 Å². The molecule has 0 aliphatic heterocycles. The first-order chi connectivity index (χ1) is 7.22. The third-order valence-corrected chi connectivity index (χ3v) is 2.60. The van der Waals surface area contributed by atoms with Gasteiger partial charge >= 0.3 is 0 Å². The Morgan fingerprint density at radius 1 is 1.40 bits per heavy atom. The van der Waals surface area contributed by atoms with Crippen LogP contribution in [0.25, 0.3) is 0 Å². The minimum absolute atomic E-state index is 0.785. The Morgan fingerprint density at radius 2 is 2.20 bits per heavy atom. The summed E-state index contributed by atoms with van der Waals surface area (Å²) < 4.78 is 0. The number of hydrogen-bond acceptors (Lipinski definition) is 2. The fourth-order valence-electron chi connectivity index (χ4n) is 1.54.